The van der Waals surface area contributed by atoms with Crippen LogP contribution in [0.3, 0.4) is 0 Å². The Balaban J connectivity index is 1.49. The zero-order valence-corrected chi connectivity index (χ0v) is 14.3. The number of rotatable bonds is 2. The standard InChI is InChI=1S/C21H19F2N3/c22-14-11-16-15(17(23)12-14)6-8-18(16)25-19-7-5-13-3-1-2-4-20(13)26-10-9-24-21(19)26/h1-4,9-12,18-19,25H,5-8H2. The van der Waals surface area contributed by atoms with Gasteiger partial charge in [0, 0.05) is 30.2 Å². The average Bonchev–Trinajstić information content (AvgIpc) is 3.23. The number of benzene rings is 2. The number of para-hydroxylation sites is 1. The molecular weight excluding hydrogens is 332 g/mol. The third-order valence-electron chi connectivity index (χ3n) is 5.59. The Morgan fingerprint density at radius 1 is 1.04 bits per heavy atom. The zero-order valence-electron chi connectivity index (χ0n) is 14.3. The normalized spacial score (nSPS) is 21.0. The number of fused-ring (bicyclic) bond motifs is 4. The van der Waals surface area contributed by atoms with Gasteiger partial charge in [-0.1, -0.05) is 18.2 Å². The molecule has 0 bridgehead atoms. The summed E-state index contributed by atoms with van der Waals surface area (Å²) < 4.78 is 29.9. The molecular formula is C21H19F2N3. The Morgan fingerprint density at radius 2 is 1.88 bits per heavy atom. The highest BCUT2D eigenvalue weighted by molar-refractivity contribution is 5.44. The predicted molar refractivity (Wildman–Crippen MR) is 95.2 cm³/mol. The molecule has 26 heavy (non-hydrogen) atoms. The summed E-state index contributed by atoms with van der Waals surface area (Å²) in [6.07, 6.45) is 7.05. The van der Waals surface area contributed by atoms with Crippen LogP contribution in [0.15, 0.2) is 48.8 Å². The lowest BCUT2D eigenvalue weighted by molar-refractivity contribution is 0.408. The highest BCUT2D eigenvalue weighted by Gasteiger charge is 2.31. The highest BCUT2D eigenvalue weighted by Crippen LogP contribution is 2.37. The molecule has 5 rings (SSSR count). The highest BCUT2D eigenvalue weighted by atomic mass is 19.1. The van der Waals surface area contributed by atoms with Crippen LogP contribution in [0, 0.1) is 11.6 Å². The second-order valence-electron chi connectivity index (χ2n) is 7.09. The van der Waals surface area contributed by atoms with Crippen molar-refractivity contribution < 1.29 is 8.78 Å². The number of hydrogen-bond donors (Lipinski definition) is 1. The summed E-state index contributed by atoms with van der Waals surface area (Å²) in [5.74, 6) is 0.0177. The van der Waals surface area contributed by atoms with Crippen LogP contribution in [0.25, 0.3) is 5.69 Å². The van der Waals surface area contributed by atoms with Crippen LogP contribution in [0.5, 0.6) is 0 Å². The number of nitrogens with zero attached hydrogens (tertiary/aromatic N) is 2. The Kier molecular flexibility index (Phi) is 3.64. The lowest BCUT2D eigenvalue weighted by Gasteiger charge is -2.22. The number of imidazole rings is 1. The SMILES string of the molecule is Fc1cc(F)c2c(c1)C(NC1CCc3ccccc3-n3ccnc31)CC2. The van der Waals surface area contributed by atoms with Crippen molar-refractivity contribution in [3.05, 3.63) is 82.9 Å². The van der Waals surface area contributed by atoms with Gasteiger partial charge in [0.15, 0.2) is 0 Å². The summed E-state index contributed by atoms with van der Waals surface area (Å²) in [6, 6.07) is 10.8. The van der Waals surface area contributed by atoms with Gasteiger partial charge in [0.25, 0.3) is 0 Å². The molecule has 2 heterocycles. The molecule has 0 fully saturated rings. The van der Waals surface area contributed by atoms with Crippen molar-refractivity contribution in [2.24, 2.45) is 0 Å². The molecule has 1 aliphatic heterocycles. The second kappa shape index (κ2) is 6.02. The molecule has 1 N–H and O–H groups in total. The Morgan fingerprint density at radius 3 is 2.81 bits per heavy atom. The minimum absolute atomic E-state index is 0.0414. The van der Waals surface area contributed by atoms with E-state index in [0.717, 1.165) is 42.4 Å². The summed E-state index contributed by atoms with van der Waals surface area (Å²) >= 11 is 0. The van der Waals surface area contributed by atoms with E-state index in [2.05, 4.69) is 33.1 Å². The van der Waals surface area contributed by atoms with Crippen LogP contribution in [-0.4, -0.2) is 9.55 Å². The minimum atomic E-state index is -0.510. The summed E-state index contributed by atoms with van der Waals surface area (Å²) in [4.78, 5) is 4.58. The second-order valence-corrected chi connectivity index (χ2v) is 7.09. The van der Waals surface area contributed by atoms with E-state index in [9.17, 15) is 8.78 Å². The minimum Gasteiger partial charge on any atom is -0.302 e. The quantitative estimate of drug-likeness (QED) is 0.741. The van der Waals surface area contributed by atoms with Gasteiger partial charge in [-0.25, -0.2) is 13.8 Å². The van der Waals surface area contributed by atoms with Gasteiger partial charge in [-0.3, -0.25) is 0 Å². The first-order valence-electron chi connectivity index (χ1n) is 9.06. The first-order chi connectivity index (χ1) is 12.7. The molecule has 1 aliphatic carbocycles. The molecule has 0 spiro atoms. The van der Waals surface area contributed by atoms with E-state index in [1.165, 1.54) is 11.6 Å². The number of aryl methyl sites for hydroxylation is 1. The monoisotopic (exact) mass is 351 g/mol. The van der Waals surface area contributed by atoms with E-state index in [0.29, 0.717) is 12.0 Å². The van der Waals surface area contributed by atoms with E-state index in [1.54, 1.807) is 0 Å². The van der Waals surface area contributed by atoms with Gasteiger partial charge in [-0.05, 0) is 54.5 Å². The Labute approximate surface area is 150 Å². The first kappa shape index (κ1) is 15.7. The van der Waals surface area contributed by atoms with Gasteiger partial charge < -0.3 is 9.88 Å². The lowest BCUT2D eigenvalue weighted by atomic mass is 10.0. The van der Waals surface area contributed by atoms with Crippen LogP contribution in [0.2, 0.25) is 0 Å². The maximum Gasteiger partial charge on any atom is 0.130 e. The van der Waals surface area contributed by atoms with E-state index in [4.69, 9.17) is 0 Å². The molecule has 0 saturated heterocycles. The lowest BCUT2D eigenvalue weighted by Crippen LogP contribution is -2.27. The zero-order chi connectivity index (χ0) is 17.7. The number of hydrogen-bond acceptors (Lipinski definition) is 2. The molecule has 3 aromatic rings. The van der Waals surface area contributed by atoms with Gasteiger partial charge in [0.1, 0.15) is 17.5 Å². The molecule has 5 heteroatoms. The van der Waals surface area contributed by atoms with Crippen molar-refractivity contribution in [1.29, 1.82) is 0 Å². The van der Waals surface area contributed by atoms with Crippen LogP contribution in [0.1, 0.15) is 47.4 Å². The largest absolute Gasteiger partial charge is 0.302 e. The van der Waals surface area contributed by atoms with Gasteiger partial charge in [-0.15, -0.1) is 0 Å². The average molecular weight is 351 g/mol. The number of halogens is 2. The van der Waals surface area contributed by atoms with E-state index in [-0.39, 0.29) is 12.1 Å². The van der Waals surface area contributed by atoms with E-state index < -0.39 is 11.6 Å². The predicted octanol–water partition coefficient (Wildman–Crippen LogP) is 4.41. The molecule has 1 aromatic heterocycles. The molecule has 0 amide bonds. The summed E-state index contributed by atoms with van der Waals surface area (Å²) in [6.45, 7) is 0. The maximum atomic E-state index is 14.1. The van der Waals surface area contributed by atoms with Crippen LogP contribution in [0.4, 0.5) is 8.78 Å². The van der Waals surface area contributed by atoms with E-state index >= 15 is 0 Å². The fraction of sp³-hybridized carbons (Fsp3) is 0.286. The topological polar surface area (TPSA) is 29.9 Å². The summed E-state index contributed by atoms with van der Waals surface area (Å²) in [5.41, 5.74) is 3.85. The van der Waals surface area contributed by atoms with Gasteiger partial charge in [0.2, 0.25) is 0 Å². The third-order valence-corrected chi connectivity index (χ3v) is 5.59. The molecule has 2 aromatic carbocycles. The van der Waals surface area contributed by atoms with Crippen LogP contribution in [-0.2, 0) is 12.8 Å². The first-order valence-corrected chi connectivity index (χ1v) is 9.06. The van der Waals surface area contributed by atoms with Gasteiger partial charge in [-0.2, -0.15) is 0 Å². The molecule has 2 aliphatic rings. The van der Waals surface area contributed by atoms with Crippen molar-refractivity contribution in [1.82, 2.24) is 14.9 Å². The smallest absolute Gasteiger partial charge is 0.130 e. The summed E-state index contributed by atoms with van der Waals surface area (Å²) in [5, 5.41) is 3.63. The molecule has 132 valence electrons. The van der Waals surface area contributed by atoms with Crippen molar-refractivity contribution in [2.75, 3.05) is 0 Å². The molecule has 2 unspecified atom stereocenters. The summed E-state index contributed by atoms with van der Waals surface area (Å²) in [7, 11) is 0. The molecule has 2 atom stereocenters. The van der Waals surface area contributed by atoms with Crippen molar-refractivity contribution in [3.8, 4) is 5.69 Å². The fourth-order valence-electron chi connectivity index (χ4n) is 4.38. The van der Waals surface area contributed by atoms with E-state index in [1.807, 2.05) is 18.5 Å². The van der Waals surface area contributed by atoms with Gasteiger partial charge in [0.05, 0.1) is 6.04 Å². The Hall–Kier alpha value is -2.53. The van der Waals surface area contributed by atoms with Crippen molar-refractivity contribution in [3.63, 3.8) is 0 Å². The van der Waals surface area contributed by atoms with Crippen LogP contribution >= 0.6 is 0 Å². The van der Waals surface area contributed by atoms with Crippen LogP contribution < -0.4 is 5.32 Å². The molecule has 0 radical (unpaired) electrons. The molecule has 3 nitrogen and oxygen atoms in total. The Bertz CT molecular complexity index is 979. The number of aromatic nitrogens is 2. The van der Waals surface area contributed by atoms with Crippen molar-refractivity contribution >= 4 is 0 Å². The molecule has 0 saturated carbocycles. The third kappa shape index (κ3) is 2.46. The fourth-order valence-corrected chi connectivity index (χ4v) is 4.38. The van der Waals surface area contributed by atoms with Gasteiger partial charge >= 0.3 is 0 Å². The maximum absolute atomic E-state index is 14.1. The number of nitrogens with one attached hydrogen (secondary N) is 1. The van der Waals surface area contributed by atoms with Crippen molar-refractivity contribution in [2.45, 2.75) is 37.8 Å².